The molecule has 2 amide bonds. The van der Waals surface area contributed by atoms with Crippen LogP contribution in [0.2, 0.25) is 0 Å². The molecule has 0 heterocycles. The Morgan fingerprint density at radius 3 is 1.96 bits per heavy atom. The molecule has 2 aromatic rings. The number of benzene rings is 2. The van der Waals surface area contributed by atoms with E-state index in [4.69, 9.17) is 0 Å². The first-order valence-corrected chi connectivity index (χ1v) is 10.0. The number of carbonyl (C=O) groups excluding carboxylic acids is 2. The molecule has 0 aromatic heterocycles. The minimum absolute atomic E-state index is 0.0682. The minimum Gasteiger partial charge on any atom is -0.344 e. The first-order chi connectivity index (χ1) is 13.1. The molecule has 150 valence electrons. The quantitative estimate of drug-likeness (QED) is 0.656. The van der Waals surface area contributed by atoms with E-state index in [-0.39, 0.29) is 28.3 Å². The molecule has 3 N–H and O–H groups in total. The summed E-state index contributed by atoms with van der Waals surface area (Å²) in [6.07, 6.45) is 0. The van der Waals surface area contributed by atoms with Gasteiger partial charge in [-0.25, -0.2) is 12.8 Å². The van der Waals surface area contributed by atoms with Crippen LogP contribution in [0.5, 0.6) is 0 Å². The summed E-state index contributed by atoms with van der Waals surface area (Å²) in [5.74, 6) is -1.31. The molecule has 1 atom stereocenters. The lowest BCUT2D eigenvalue weighted by Gasteiger charge is -2.21. The van der Waals surface area contributed by atoms with Crippen LogP contribution in [0.4, 0.5) is 15.8 Å². The molecule has 1 unspecified atom stereocenters. The average Bonchev–Trinajstić information content (AvgIpc) is 2.61. The number of hydrogen-bond donors (Lipinski definition) is 3. The molecular weight excluding hydrogens is 385 g/mol. The molecule has 9 heteroatoms. The van der Waals surface area contributed by atoms with Crippen molar-refractivity contribution in [1.29, 1.82) is 0 Å². The normalized spacial score (nSPS) is 12.3. The van der Waals surface area contributed by atoms with Gasteiger partial charge in [-0.15, -0.1) is 0 Å². The third-order valence-electron chi connectivity index (χ3n) is 3.84. The van der Waals surface area contributed by atoms with Crippen molar-refractivity contribution in [3.63, 3.8) is 0 Å². The Balaban J connectivity index is 2.07. The summed E-state index contributed by atoms with van der Waals surface area (Å²) in [7, 11) is -3.86. The van der Waals surface area contributed by atoms with Gasteiger partial charge in [0.2, 0.25) is 11.8 Å². The summed E-state index contributed by atoms with van der Waals surface area (Å²) in [4.78, 5) is 23.5. The number of halogens is 1. The van der Waals surface area contributed by atoms with Crippen molar-refractivity contribution < 1.29 is 22.4 Å². The maximum Gasteiger partial charge on any atom is 0.261 e. The number of nitrogens with one attached hydrogen (secondary N) is 3. The number of amides is 2. The van der Waals surface area contributed by atoms with Crippen LogP contribution >= 0.6 is 0 Å². The van der Waals surface area contributed by atoms with Gasteiger partial charge in [-0.3, -0.25) is 14.3 Å². The second kappa shape index (κ2) is 8.83. The van der Waals surface area contributed by atoms with Crippen LogP contribution < -0.4 is 15.4 Å². The Morgan fingerprint density at radius 2 is 1.46 bits per heavy atom. The average molecular weight is 407 g/mol. The lowest BCUT2D eigenvalue weighted by molar-refractivity contribution is -0.126. The topological polar surface area (TPSA) is 104 Å². The smallest absolute Gasteiger partial charge is 0.261 e. The highest BCUT2D eigenvalue weighted by Crippen LogP contribution is 2.19. The predicted molar refractivity (Wildman–Crippen MR) is 105 cm³/mol. The zero-order chi connectivity index (χ0) is 20.9. The Bertz CT molecular complexity index is 942. The van der Waals surface area contributed by atoms with E-state index in [1.165, 1.54) is 43.3 Å². The summed E-state index contributed by atoms with van der Waals surface area (Å²) < 4.78 is 39.9. The summed E-state index contributed by atoms with van der Waals surface area (Å²) in [6.45, 7) is 4.96. The predicted octanol–water partition coefficient (Wildman–Crippen LogP) is 2.73. The van der Waals surface area contributed by atoms with Gasteiger partial charge in [0.15, 0.2) is 0 Å². The molecule has 0 saturated carbocycles. The second-order valence-electron chi connectivity index (χ2n) is 6.55. The van der Waals surface area contributed by atoms with Crippen LogP contribution in [0.1, 0.15) is 20.8 Å². The van der Waals surface area contributed by atoms with Gasteiger partial charge in [-0.2, -0.15) is 0 Å². The number of sulfonamides is 1. The van der Waals surface area contributed by atoms with Gasteiger partial charge in [-0.1, -0.05) is 13.8 Å². The lowest BCUT2D eigenvalue weighted by atomic mass is 10.0. The van der Waals surface area contributed by atoms with E-state index in [1.807, 2.05) is 13.8 Å². The van der Waals surface area contributed by atoms with Crippen molar-refractivity contribution in [2.75, 3.05) is 10.0 Å². The number of hydrogen-bond acceptors (Lipinski definition) is 4. The molecule has 0 aliphatic carbocycles. The second-order valence-corrected chi connectivity index (χ2v) is 8.23. The summed E-state index contributed by atoms with van der Waals surface area (Å²) in [6, 6.07) is 9.81. The fraction of sp³-hybridized carbons (Fsp3) is 0.263. The number of carbonyl (C=O) groups is 2. The standard InChI is InChI=1S/C19H22FN3O4S/c1-12(2)18(21-13(3)24)19(25)22-15-6-8-16(9-7-15)23-28(26,27)17-10-4-14(20)5-11-17/h4-12,18,23H,1-3H3,(H,21,24)(H,22,25). The maximum atomic E-state index is 13.0. The van der Waals surface area contributed by atoms with Gasteiger partial charge < -0.3 is 10.6 Å². The first kappa shape index (κ1) is 21.4. The van der Waals surface area contributed by atoms with Crippen LogP contribution in [0.25, 0.3) is 0 Å². The zero-order valence-corrected chi connectivity index (χ0v) is 16.5. The molecule has 0 radical (unpaired) electrons. The Labute approximate surface area is 163 Å². The van der Waals surface area contributed by atoms with E-state index in [0.29, 0.717) is 5.69 Å². The van der Waals surface area contributed by atoms with Crippen molar-refractivity contribution in [2.24, 2.45) is 5.92 Å². The van der Waals surface area contributed by atoms with Crippen molar-refractivity contribution in [2.45, 2.75) is 31.7 Å². The van der Waals surface area contributed by atoms with Crippen LogP contribution in [-0.2, 0) is 19.6 Å². The molecule has 2 aromatic carbocycles. The van der Waals surface area contributed by atoms with E-state index in [2.05, 4.69) is 15.4 Å². The van der Waals surface area contributed by atoms with Gasteiger partial charge in [0, 0.05) is 18.3 Å². The van der Waals surface area contributed by atoms with Gasteiger partial charge in [-0.05, 0) is 54.4 Å². The molecule has 0 bridgehead atoms. The van der Waals surface area contributed by atoms with Crippen molar-refractivity contribution in [3.8, 4) is 0 Å². The maximum absolute atomic E-state index is 13.0. The largest absolute Gasteiger partial charge is 0.344 e. The van der Waals surface area contributed by atoms with Crippen molar-refractivity contribution in [3.05, 3.63) is 54.3 Å². The first-order valence-electron chi connectivity index (χ1n) is 8.55. The van der Waals surface area contributed by atoms with E-state index in [0.717, 1.165) is 12.1 Å². The lowest BCUT2D eigenvalue weighted by Crippen LogP contribution is -2.46. The number of anilines is 2. The summed E-state index contributed by atoms with van der Waals surface area (Å²) >= 11 is 0. The van der Waals surface area contributed by atoms with E-state index in [9.17, 15) is 22.4 Å². The molecule has 2 rings (SSSR count). The van der Waals surface area contributed by atoms with Gasteiger partial charge >= 0.3 is 0 Å². The van der Waals surface area contributed by atoms with E-state index < -0.39 is 21.9 Å². The molecule has 0 aliphatic heterocycles. The third kappa shape index (κ3) is 5.78. The minimum atomic E-state index is -3.86. The fourth-order valence-corrected chi connectivity index (χ4v) is 3.48. The highest BCUT2D eigenvalue weighted by Gasteiger charge is 2.23. The van der Waals surface area contributed by atoms with Crippen LogP contribution in [0, 0.1) is 11.7 Å². The van der Waals surface area contributed by atoms with Gasteiger partial charge in [0.05, 0.1) is 4.90 Å². The molecule has 0 aliphatic rings. The molecule has 0 saturated heterocycles. The monoisotopic (exact) mass is 407 g/mol. The number of rotatable bonds is 7. The summed E-state index contributed by atoms with van der Waals surface area (Å²) in [5.41, 5.74) is 0.732. The molecule has 0 fully saturated rings. The van der Waals surface area contributed by atoms with Crippen LogP contribution in [-0.4, -0.2) is 26.3 Å². The van der Waals surface area contributed by atoms with Gasteiger partial charge in [0.1, 0.15) is 11.9 Å². The third-order valence-corrected chi connectivity index (χ3v) is 5.23. The van der Waals surface area contributed by atoms with E-state index >= 15 is 0 Å². The van der Waals surface area contributed by atoms with Gasteiger partial charge in [0.25, 0.3) is 10.0 Å². The van der Waals surface area contributed by atoms with Crippen LogP contribution in [0.3, 0.4) is 0 Å². The molecule has 7 nitrogen and oxygen atoms in total. The highest BCUT2D eigenvalue weighted by atomic mass is 32.2. The molecule has 0 spiro atoms. The summed E-state index contributed by atoms with van der Waals surface area (Å²) in [5, 5.41) is 5.28. The fourth-order valence-electron chi connectivity index (χ4n) is 2.42. The zero-order valence-electron chi connectivity index (χ0n) is 15.7. The Morgan fingerprint density at radius 1 is 0.929 bits per heavy atom. The van der Waals surface area contributed by atoms with Crippen molar-refractivity contribution >= 4 is 33.2 Å². The van der Waals surface area contributed by atoms with Crippen LogP contribution in [0.15, 0.2) is 53.4 Å². The SMILES string of the molecule is CC(=O)NC(C(=O)Nc1ccc(NS(=O)(=O)c2ccc(F)cc2)cc1)C(C)C. The van der Waals surface area contributed by atoms with E-state index in [1.54, 1.807) is 0 Å². The molecular formula is C19H22FN3O4S. The molecule has 28 heavy (non-hydrogen) atoms. The Kier molecular flexibility index (Phi) is 6.74. The Hall–Kier alpha value is -2.94. The van der Waals surface area contributed by atoms with Crippen molar-refractivity contribution in [1.82, 2.24) is 5.32 Å². The highest BCUT2D eigenvalue weighted by molar-refractivity contribution is 7.92.